The summed E-state index contributed by atoms with van der Waals surface area (Å²) < 4.78 is 18.9. The lowest BCUT2D eigenvalue weighted by atomic mass is 10.1. The molecule has 2 aromatic carbocycles. The van der Waals surface area contributed by atoms with E-state index in [1.165, 1.54) is 17.4 Å². The third-order valence-corrected chi connectivity index (χ3v) is 5.04. The molecule has 6 nitrogen and oxygen atoms in total. The number of aryl methyl sites for hydroxylation is 2. The minimum absolute atomic E-state index is 0.171. The van der Waals surface area contributed by atoms with Crippen LogP contribution in [0.3, 0.4) is 0 Å². The first kappa shape index (κ1) is 18.9. The number of rotatable bonds is 6. The molecule has 0 saturated carbocycles. The highest BCUT2D eigenvalue weighted by Crippen LogP contribution is 2.25. The predicted octanol–water partition coefficient (Wildman–Crippen LogP) is 4.88. The van der Waals surface area contributed by atoms with E-state index in [2.05, 4.69) is 20.4 Å². The van der Waals surface area contributed by atoms with E-state index in [0.29, 0.717) is 28.0 Å². The molecular weight excluding hydrogens is 391 g/mol. The van der Waals surface area contributed by atoms with Crippen molar-refractivity contribution >= 4 is 22.4 Å². The summed E-state index contributed by atoms with van der Waals surface area (Å²) in [6, 6.07) is 14.5. The zero-order chi connectivity index (χ0) is 20.2. The van der Waals surface area contributed by atoms with E-state index in [-0.39, 0.29) is 24.6 Å². The molecule has 146 valence electrons. The van der Waals surface area contributed by atoms with E-state index in [4.69, 9.17) is 4.52 Å². The maximum Gasteiger partial charge on any atom is 0.227 e. The first-order valence-electron chi connectivity index (χ1n) is 8.98. The molecule has 0 spiro atoms. The van der Waals surface area contributed by atoms with E-state index in [9.17, 15) is 9.18 Å². The van der Waals surface area contributed by atoms with Crippen LogP contribution in [0.1, 0.15) is 17.9 Å². The third kappa shape index (κ3) is 4.55. The molecule has 0 saturated heterocycles. The SMILES string of the molecule is Cc1ccc(-c2noc(CCC(=O)Nc3nc(-c4ccccc4)cs3)n2)cc1F. The average molecular weight is 408 g/mol. The molecule has 4 rings (SSSR count). The summed E-state index contributed by atoms with van der Waals surface area (Å²) in [6.45, 7) is 1.69. The van der Waals surface area contributed by atoms with Crippen LogP contribution in [0.2, 0.25) is 0 Å². The summed E-state index contributed by atoms with van der Waals surface area (Å²) in [6.07, 6.45) is 0.453. The second-order valence-corrected chi connectivity index (χ2v) is 7.29. The molecule has 2 aromatic heterocycles. The summed E-state index contributed by atoms with van der Waals surface area (Å²) in [5.41, 5.74) is 2.89. The zero-order valence-electron chi connectivity index (χ0n) is 15.6. The van der Waals surface area contributed by atoms with Crippen LogP contribution in [0, 0.1) is 12.7 Å². The van der Waals surface area contributed by atoms with Crippen LogP contribution in [0.15, 0.2) is 58.4 Å². The van der Waals surface area contributed by atoms with Crippen molar-refractivity contribution in [3.8, 4) is 22.6 Å². The van der Waals surface area contributed by atoms with Gasteiger partial charge in [0, 0.05) is 29.3 Å². The first-order valence-corrected chi connectivity index (χ1v) is 9.86. The van der Waals surface area contributed by atoms with Crippen LogP contribution >= 0.6 is 11.3 Å². The molecule has 0 aliphatic carbocycles. The largest absolute Gasteiger partial charge is 0.339 e. The van der Waals surface area contributed by atoms with Gasteiger partial charge in [-0.25, -0.2) is 9.37 Å². The Morgan fingerprint density at radius 3 is 2.76 bits per heavy atom. The van der Waals surface area contributed by atoms with E-state index in [1.54, 1.807) is 19.1 Å². The van der Waals surface area contributed by atoms with Crippen molar-refractivity contribution in [2.45, 2.75) is 19.8 Å². The third-order valence-electron chi connectivity index (χ3n) is 4.28. The van der Waals surface area contributed by atoms with Gasteiger partial charge in [-0.2, -0.15) is 4.98 Å². The molecule has 2 heterocycles. The van der Waals surface area contributed by atoms with Gasteiger partial charge in [0.15, 0.2) is 5.13 Å². The Morgan fingerprint density at radius 1 is 1.14 bits per heavy atom. The Hall–Kier alpha value is -3.39. The van der Waals surface area contributed by atoms with Crippen molar-refractivity contribution < 1.29 is 13.7 Å². The van der Waals surface area contributed by atoms with Crippen molar-refractivity contribution in [1.82, 2.24) is 15.1 Å². The standard InChI is InChI=1S/C21H17FN4O2S/c1-13-7-8-15(11-16(13)22)20-25-19(28-26-20)10-9-18(27)24-21-23-17(12-29-21)14-5-3-2-4-6-14/h2-8,11-12H,9-10H2,1H3,(H,23,24,27). The Kier molecular flexibility index (Phi) is 5.44. The fraction of sp³-hybridized carbons (Fsp3) is 0.143. The molecule has 0 radical (unpaired) electrons. The molecule has 0 aliphatic heterocycles. The number of halogens is 1. The van der Waals surface area contributed by atoms with Gasteiger partial charge in [0.25, 0.3) is 0 Å². The number of carbonyl (C=O) groups excluding carboxylic acids is 1. The van der Waals surface area contributed by atoms with Crippen LogP contribution < -0.4 is 5.32 Å². The van der Waals surface area contributed by atoms with Crippen LogP contribution in [0.4, 0.5) is 9.52 Å². The first-order chi connectivity index (χ1) is 14.1. The lowest BCUT2D eigenvalue weighted by Crippen LogP contribution is -2.12. The number of hydrogen-bond donors (Lipinski definition) is 1. The minimum Gasteiger partial charge on any atom is -0.339 e. The van der Waals surface area contributed by atoms with Gasteiger partial charge in [0.1, 0.15) is 5.82 Å². The lowest BCUT2D eigenvalue weighted by molar-refractivity contribution is -0.116. The number of benzene rings is 2. The Balaban J connectivity index is 1.34. The molecule has 0 fully saturated rings. The van der Waals surface area contributed by atoms with Gasteiger partial charge in [-0.3, -0.25) is 4.79 Å². The molecule has 29 heavy (non-hydrogen) atoms. The van der Waals surface area contributed by atoms with Gasteiger partial charge < -0.3 is 9.84 Å². The molecular formula is C21H17FN4O2S. The highest BCUT2D eigenvalue weighted by Gasteiger charge is 2.13. The summed E-state index contributed by atoms with van der Waals surface area (Å²) >= 11 is 1.37. The van der Waals surface area contributed by atoms with Gasteiger partial charge in [-0.15, -0.1) is 11.3 Å². The second-order valence-electron chi connectivity index (χ2n) is 6.43. The van der Waals surface area contributed by atoms with E-state index in [1.807, 2.05) is 35.7 Å². The normalized spacial score (nSPS) is 10.8. The number of amides is 1. The van der Waals surface area contributed by atoms with Gasteiger partial charge in [0.05, 0.1) is 5.69 Å². The van der Waals surface area contributed by atoms with Crippen LogP contribution in [-0.2, 0) is 11.2 Å². The Labute approximate surface area is 170 Å². The maximum atomic E-state index is 13.7. The molecule has 0 aliphatic rings. The number of hydrogen-bond acceptors (Lipinski definition) is 6. The van der Waals surface area contributed by atoms with Crippen molar-refractivity contribution in [2.75, 3.05) is 5.32 Å². The van der Waals surface area contributed by atoms with Crippen LogP contribution in [0.25, 0.3) is 22.6 Å². The molecule has 8 heteroatoms. The zero-order valence-corrected chi connectivity index (χ0v) is 16.4. The van der Waals surface area contributed by atoms with Crippen molar-refractivity contribution in [1.29, 1.82) is 0 Å². The van der Waals surface area contributed by atoms with Gasteiger partial charge in [0.2, 0.25) is 17.6 Å². The molecule has 0 bridgehead atoms. The topological polar surface area (TPSA) is 80.9 Å². The van der Waals surface area contributed by atoms with Gasteiger partial charge in [-0.1, -0.05) is 47.6 Å². The minimum atomic E-state index is -0.327. The lowest BCUT2D eigenvalue weighted by Gasteiger charge is -1.99. The van der Waals surface area contributed by atoms with E-state index >= 15 is 0 Å². The number of thiazole rings is 1. The Bertz CT molecular complexity index is 1140. The Morgan fingerprint density at radius 2 is 1.97 bits per heavy atom. The summed E-state index contributed by atoms with van der Waals surface area (Å²) in [4.78, 5) is 20.9. The number of nitrogens with one attached hydrogen (secondary N) is 1. The average Bonchev–Trinajstić information content (AvgIpc) is 3.39. The fourth-order valence-electron chi connectivity index (χ4n) is 2.68. The van der Waals surface area contributed by atoms with Crippen LogP contribution in [-0.4, -0.2) is 21.0 Å². The number of aromatic nitrogens is 3. The molecule has 0 atom stereocenters. The van der Waals surface area contributed by atoms with E-state index < -0.39 is 0 Å². The monoisotopic (exact) mass is 408 g/mol. The molecule has 1 N–H and O–H groups in total. The summed E-state index contributed by atoms with van der Waals surface area (Å²) in [7, 11) is 0. The number of nitrogens with zero attached hydrogens (tertiary/aromatic N) is 3. The van der Waals surface area contributed by atoms with Crippen LogP contribution in [0.5, 0.6) is 0 Å². The number of carbonyl (C=O) groups is 1. The maximum absolute atomic E-state index is 13.7. The van der Waals surface area contributed by atoms with E-state index in [0.717, 1.165) is 11.3 Å². The fourth-order valence-corrected chi connectivity index (χ4v) is 3.42. The summed E-state index contributed by atoms with van der Waals surface area (Å²) in [5, 5.41) is 9.08. The highest BCUT2D eigenvalue weighted by atomic mass is 32.1. The van der Waals surface area contributed by atoms with Crippen molar-refractivity contribution in [3.63, 3.8) is 0 Å². The van der Waals surface area contributed by atoms with Gasteiger partial charge in [-0.05, 0) is 18.6 Å². The molecule has 4 aromatic rings. The van der Waals surface area contributed by atoms with Crippen molar-refractivity contribution in [3.05, 3.63) is 71.2 Å². The highest BCUT2D eigenvalue weighted by molar-refractivity contribution is 7.14. The molecule has 1 amide bonds. The molecule has 0 unspecified atom stereocenters. The smallest absolute Gasteiger partial charge is 0.227 e. The number of anilines is 1. The van der Waals surface area contributed by atoms with Crippen molar-refractivity contribution in [2.24, 2.45) is 0 Å². The van der Waals surface area contributed by atoms with Gasteiger partial charge >= 0.3 is 0 Å². The predicted molar refractivity (Wildman–Crippen MR) is 109 cm³/mol. The second kappa shape index (κ2) is 8.32. The quantitative estimate of drug-likeness (QED) is 0.492. The summed E-state index contributed by atoms with van der Waals surface area (Å²) in [5.74, 6) is 0.0959.